The van der Waals surface area contributed by atoms with Crippen LogP contribution in [0.3, 0.4) is 0 Å². The summed E-state index contributed by atoms with van der Waals surface area (Å²) in [7, 11) is -3.61. The predicted octanol–water partition coefficient (Wildman–Crippen LogP) is 3.26. The molecule has 1 aliphatic heterocycles. The SMILES string of the molecule is CCN(CC)S(=O)(=O)c1cccc(C(=O)NCc2ccc(CN3CC(C)OC(C)C3)cc2)c1. The van der Waals surface area contributed by atoms with E-state index in [9.17, 15) is 13.2 Å². The summed E-state index contributed by atoms with van der Waals surface area (Å²) in [5, 5.41) is 2.89. The molecule has 0 aromatic heterocycles. The van der Waals surface area contributed by atoms with Crippen molar-refractivity contribution >= 4 is 15.9 Å². The van der Waals surface area contributed by atoms with Gasteiger partial charge in [0.25, 0.3) is 5.91 Å². The smallest absolute Gasteiger partial charge is 0.251 e. The van der Waals surface area contributed by atoms with Crippen molar-refractivity contribution in [3.05, 3.63) is 65.2 Å². The van der Waals surface area contributed by atoms with Gasteiger partial charge in [-0.1, -0.05) is 44.2 Å². The topological polar surface area (TPSA) is 79.0 Å². The minimum atomic E-state index is -3.61. The summed E-state index contributed by atoms with van der Waals surface area (Å²) in [5.74, 6) is -0.299. The molecule has 8 heteroatoms. The molecule has 2 aromatic carbocycles. The third-order valence-corrected chi connectivity index (χ3v) is 7.86. The number of nitrogens with one attached hydrogen (secondary N) is 1. The average molecular weight is 474 g/mol. The summed E-state index contributed by atoms with van der Waals surface area (Å²) in [5.41, 5.74) is 2.54. The normalized spacial score (nSPS) is 19.5. The van der Waals surface area contributed by atoms with E-state index in [2.05, 4.69) is 36.2 Å². The molecule has 2 atom stereocenters. The number of carbonyl (C=O) groups excluding carboxylic acids is 1. The fourth-order valence-corrected chi connectivity index (χ4v) is 5.73. The number of hydrogen-bond acceptors (Lipinski definition) is 5. The van der Waals surface area contributed by atoms with Gasteiger partial charge in [-0.05, 0) is 43.2 Å². The largest absolute Gasteiger partial charge is 0.373 e. The second-order valence-corrected chi connectivity index (χ2v) is 10.5. The van der Waals surface area contributed by atoms with Gasteiger partial charge in [-0.2, -0.15) is 4.31 Å². The van der Waals surface area contributed by atoms with Crippen molar-refractivity contribution in [1.82, 2.24) is 14.5 Å². The van der Waals surface area contributed by atoms with Crippen molar-refractivity contribution in [2.24, 2.45) is 0 Å². The highest BCUT2D eigenvalue weighted by Crippen LogP contribution is 2.18. The fraction of sp³-hybridized carbons (Fsp3) is 0.480. The molecule has 1 fully saturated rings. The third kappa shape index (κ3) is 6.63. The maximum atomic E-state index is 12.7. The van der Waals surface area contributed by atoms with Crippen LogP contribution in [-0.4, -0.2) is 61.9 Å². The maximum absolute atomic E-state index is 12.7. The maximum Gasteiger partial charge on any atom is 0.251 e. The van der Waals surface area contributed by atoms with Crippen LogP contribution in [-0.2, 0) is 27.8 Å². The van der Waals surface area contributed by atoms with Crippen LogP contribution in [0.4, 0.5) is 0 Å². The van der Waals surface area contributed by atoms with Crippen molar-refractivity contribution in [3.63, 3.8) is 0 Å². The second-order valence-electron chi connectivity index (χ2n) is 8.57. The number of ether oxygens (including phenoxy) is 1. The van der Waals surface area contributed by atoms with E-state index in [1.807, 2.05) is 12.1 Å². The molecule has 0 spiro atoms. The highest BCUT2D eigenvalue weighted by atomic mass is 32.2. The van der Waals surface area contributed by atoms with Gasteiger partial charge in [0.15, 0.2) is 0 Å². The first-order valence-electron chi connectivity index (χ1n) is 11.6. The number of carbonyl (C=O) groups is 1. The Kier molecular flexibility index (Phi) is 8.64. The minimum absolute atomic E-state index is 0.134. The lowest BCUT2D eigenvalue weighted by atomic mass is 10.1. The van der Waals surface area contributed by atoms with Crippen molar-refractivity contribution < 1.29 is 17.9 Å². The lowest BCUT2D eigenvalue weighted by Crippen LogP contribution is -2.44. The summed E-state index contributed by atoms with van der Waals surface area (Å²) >= 11 is 0. The molecule has 7 nitrogen and oxygen atoms in total. The number of benzene rings is 2. The lowest BCUT2D eigenvalue weighted by molar-refractivity contribution is -0.0704. The van der Waals surface area contributed by atoms with Crippen molar-refractivity contribution in [1.29, 1.82) is 0 Å². The number of hydrogen-bond donors (Lipinski definition) is 1. The molecule has 1 saturated heterocycles. The first-order chi connectivity index (χ1) is 15.7. The predicted molar refractivity (Wildman–Crippen MR) is 129 cm³/mol. The monoisotopic (exact) mass is 473 g/mol. The van der Waals surface area contributed by atoms with E-state index in [1.54, 1.807) is 26.0 Å². The Bertz CT molecular complexity index is 1030. The van der Waals surface area contributed by atoms with Crippen LogP contribution in [0.25, 0.3) is 0 Å². The van der Waals surface area contributed by atoms with Crippen LogP contribution in [0.5, 0.6) is 0 Å². The van der Waals surface area contributed by atoms with E-state index in [0.29, 0.717) is 25.2 Å². The molecule has 0 aliphatic carbocycles. The van der Waals surface area contributed by atoms with Gasteiger partial charge in [0.2, 0.25) is 10.0 Å². The Hall–Kier alpha value is -2.26. The van der Waals surface area contributed by atoms with Gasteiger partial charge in [0, 0.05) is 44.8 Å². The first kappa shape index (κ1) is 25.4. The highest BCUT2D eigenvalue weighted by molar-refractivity contribution is 7.89. The molecule has 3 rings (SSSR count). The molecule has 180 valence electrons. The number of rotatable bonds is 9. The summed E-state index contributed by atoms with van der Waals surface area (Å²) in [4.78, 5) is 15.2. The van der Waals surface area contributed by atoms with Gasteiger partial charge in [0.1, 0.15) is 0 Å². The van der Waals surface area contributed by atoms with Crippen LogP contribution in [0, 0.1) is 0 Å². The van der Waals surface area contributed by atoms with E-state index in [-0.39, 0.29) is 23.0 Å². The van der Waals surface area contributed by atoms with Crippen LogP contribution in [0.1, 0.15) is 49.2 Å². The fourth-order valence-electron chi connectivity index (χ4n) is 4.23. The zero-order valence-electron chi connectivity index (χ0n) is 20.0. The van der Waals surface area contributed by atoms with E-state index in [1.165, 1.54) is 22.0 Å². The summed E-state index contributed by atoms with van der Waals surface area (Å²) < 4.78 is 32.7. The van der Waals surface area contributed by atoms with E-state index in [4.69, 9.17) is 4.74 Å². The molecule has 2 unspecified atom stereocenters. The van der Waals surface area contributed by atoms with Gasteiger partial charge < -0.3 is 10.1 Å². The van der Waals surface area contributed by atoms with E-state index < -0.39 is 10.0 Å². The molecule has 2 aromatic rings. The van der Waals surface area contributed by atoms with Gasteiger partial charge >= 0.3 is 0 Å². The van der Waals surface area contributed by atoms with Crippen LogP contribution in [0.15, 0.2) is 53.4 Å². The quantitative estimate of drug-likeness (QED) is 0.605. The van der Waals surface area contributed by atoms with Crippen molar-refractivity contribution in [2.45, 2.75) is 57.9 Å². The molecular formula is C25H35N3O4S. The summed E-state index contributed by atoms with van der Waals surface area (Å²) in [6.07, 6.45) is 0.479. The van der Waals surface area contributed by atoms with Gasteiger partial charge in [-0.3, -0.25) is 9.69 Å². The molecule has 0 saturated carbocycles. The van der Waals surface area contributed by atoms with E-state index >= 15 is 0 Å². The Morgan fingerprint density at radius 3 is 2.24 bits per heavy atom. The first-order valence-corrected chi connectivity index (χ1v) is 13.0. The number of sulfonamides is 1. The van der Waals surface area contributed by atoms with Crippen LogP contribution >= 0.6 is 0 Å². The molecule has 33 heavy (non-hydrogen) atoms. The van der Waals surface area contributed by atoms with Crippen molar-refractivity contribution in [2.75, 3.05) is 26.2 Å². The average Bonchev–Trinajstić information content (AvgIpc) is 2.78. The molecular weight excluding hydrogens is 438 g/mol. The molecule has 1 aliphatic rings. The van der Waals surface area contributed by atoms with E-state index in [0.717, 1.165) is 25.2 Å². The third-order valence-electron chi connectivity index (χ3n) is 5.82. The Morgan fingerprint density at radius 1 is 1.03 bits per heavy atom. The standard InChI is InChI=1S/C25H35N3O4S/c1-5-28(6-2)33(30,31)24-9-7-8-23(14-24)25(29)26-15-21-10-12-22(13-11-21)18-27-16-19(3)32-20(4)17-27/h7-14,19-20H,5-6,15-18H2,1-4H3,(H,26,29). The van der Waals surface area contributed by atoms with Gasteiger partial charge in [-0.25, -0.2) is 8.42 Å². The zero-order chi connectivity index (χ0) is 24.0. The molecule has 1 N–H and O–H groups in total. The molecule has 0 radical (unpaired) electrons. The summed E-state index contributed by atoms with van der Waals surface area (Å²) in [6.45, 7) is 11.7. The zero-order valence-corrected chi connectivity index (χ0v) is 20.8. The molecule has 1 heterocycles. The Labute approximate surface area is 197 Å². The van der Waals surface area contributed by atoms with Crippen LogP contribution in [0.2, 0.25) is 0 Å². The Balaban J connectivity index is 1.59. The number of amides is 1. The summed E-state index contributed by atoms with van der Waals surface area (Å²) in [6, 6.07) is 14.4. The second kappa shape index (κ2) is 11.2. The van der Waals surface area contributed by atoms with Gasteiger partial charge in [0.05, 0.1) is 17.1 Å². The lowest BCUT2D eigenvalue weighted by Gasteiger charge is -2.35. The minimum Gasteiger partial charge on any atom is -0.373 e. The highest BCUT2D eigenvalue weighted by Gasteiger charge is 2.23. The van der Waals surface area contributed by atoms with Crippen molar-refractivity contribution in [3.8, 4) is 0 Å². The van der Waals surface area contributed by atoms with Crippen LogP contribution < -0.4 is 5.32 Å². The van der Waals surface area contributed by atoms with Gasteiger partial charge in [-0.15, -0.1) is 0 Å². The molecule has 0 bridgehead atoms. The number of nitrogens with zero attached hydrogens (tertiary/aromatic N) is 2. The molecule has 1 amide bonds. The Morgan fingerprint density at radius 2 is 1.64 bits per heavy atom. The number of morpholine rings is 1.